The molecule has 0 radical (unpaired) electrons. The molecule has 32 heavy (non-hydrogen) atoms. The summed E-state index contributed by atoms with van der Waals surface area (Å²) < 4.78 is 13.7. The van der Waals surface area contributed by atoms with Crippen LogP contribution in [0.4, 0.5) is 10.1 Å². The van der Waals surface area contributed by atoms with E-state index in [0.29, 0.717) is 24.0 Å². The summed E-state index contributed by atoms with van der Waals surface area (Å²) in [6.07, 6.45) is 6.08. The molecular weight excluding hydrogens is 429 g/mol. The van der Waals surface area contributed by atoms with Crippen molar-refractivity contribution in [2.24, 2.45) is 11.3 Å². The first-order valence-electron chi connectivity index (χ1n) is 10.3. The third kappa shape index (κ3) is 3.11. The van der Waals surface area contributed by atoms with E-state index in [0.717, 1.165) is 16.5 Å². The zero-order valence-corrected chi connectivity index (χ0v) is 18.4. The molecule has 3 unspecified atom stereocenters. The third-order valence-corrected chi connectivity index (χ3v) is 6.94. The van der Waals surface area contributed by atoms with Gasteiger partial charge in [0.2, 0.25) is 11.8 Å². The fourth-order valence-electron chi connectivity index (χ4n) is 5.03. The summed E-state index contributed by atoms with van der Waals surface area (Å²) in [5, 5.41) is 10.9. The Bertz CT molecular complexity index is 1190. The van der Waals surface area contributed by atoms with Crippen LogP contribution in [0.15, 0.2) is 73.4 Å². The van der Waals surface area contributed by atoms with E-state index in [1.165, 1.54) is 12.1 Å². The number of hydrogen-bond acceptors (Lipinski definition) is 3. The Morgan fingerprint density at radius 3 is 2.69 bits per heavy atom. The summed E-state index contributed by atoms with van der Waals surface area (Å²) in [7, 11) is 0. The number of nitrogens with zero attached hydrogens (tertiary/aromatic N) is 1. The van der Waals surface area contributed by atoms with Crippen LogP contribution in [0.5, 0.6) is 5.75 Å². The summed E-state index contributed by atoms with van der Waals surface area (Å²) >= 11 is 5.92. The molecule has 2 amide bonds. The summed E-state index contributed by atoms with van der Waals surface area (Å²) in [6, 6.07) is 9.18. The first kappa shape index (κ1) is 22.0. The topological polar surface area (TPSA) is 57.6 Å². The van der Waals surface area contributed by atoms with Gasteiger partial charge in [-0.1, -0.05) is 54.6 Å². The number of phenolic OH excluding ortho intramolecular Hbond substituents is 1. The minimum atomic E-state index is -1.17. The van der Waals surface area contributed by atoms with E-state index in [1.54, 1.807) is 31.2 Å². The number of benzene rings is 2. The molecule has 4 rings (SSSR count). The lowest BCUT2D eigenvalue weighted by atomic mass is 9.59. The van der Waals surface area contributed by atoms with Gasteiger partial charge in [0.1, 0.15) is 11.6 Å². The van der Waals surface area contributed by atoms with Crippen LogP contribution in [0.1, 0.15) is 30.4 Å². The standard InChI is InChI=1S/C26H23ClFNO3/c1-4-7-16-8-6-9-18(23(16)30)22-15(5-2)10-12-19-24(31)29(25(32)26(19,22)3)17-11-13-21(28)20(27)14-17/h4-6,8-11,13-14,19,22,30H,1-2,7,12H2,3H3. The Labute approximate surface area is 191 Å². The van der Waals surface area contributed by atoms with Crippen molar-refractivity contribution >= 4 is 29.1 Å². The van der Waals surface area contributed by atoms with E-state index < -0.39 is 29.0 Å². The molecule has 3 atom stereocenters. The zero-order valence-electron chi connectivity index (χ0n) is 17.6. The minimum absolute atomic E-state index is 0.0792. The number of para-hydroxylation sites is 1. The highest BCUT2D eigenvalue weighted by Gasteiger charge is 2.62. The lowest BCUT2D eigenvalue weighted by molar-refractivity contribution is -0.127. The first-order chi connectivity index (χ1) is 15.2. The van der Waals surface area contributed by atoms with Crippen molar-refractivity contribution in [3.63, 3.8) is 0 Å². The van der Waals surface area contributed by atoms with Gasteiger partial charge in [-0.15, -0.1) is 6.58 Å². The van der Waals surface area contributed by atoms with E-state index in [1.807, 2.05) is 12.1 Å². The second-order valence-corrected chi connectivity index (χ2v) is 8.74. The van der Waals surface area contributed by atoms with E-state index >= 15 is 0 Å². The predicted molar refractivity (Wildman–Crippen MR) is 123 cm³/mol. The molecule has 2 aromatic carbocycles. The summed E-state index contributed by atoms with van der Waals surface area (Å²) in [4.78, 5) is 28.4. The smallest absolute Gasteiger partial charge is 0.241 e. The van der Waals surface area contributed by atoms with Crippen LogP contribution in [0, 0.1) is 17.2 Å². The summed E-state index contributed by atoms with van der Waals surface area (Å²) in [6.45, 7) is 9.39. The van der Waals surface area contributed by atoms with Crippen LogP contribution < -0.4 is 4.90 Å². The quantitative estimate of drug-likeness (QED) is 0.468. The molecule has 2 aliphatic rings. The maximum atomic E-state index is 13.8. The van der Waals surface area contributed by atoms with Crippen molar-refractivity contribution in [1.82, 2.24) is 0 Å². The monoisotopic (exact) mass is 451 g/mol. The molecular formula is C26H23ClFNO3. The fourth-order valence-corrected chi connectivity index (χ4v) is 5.20. The molecule has 1 heterocycles. The van der Waals surface area contributed by atoms with Gasteiger partial charge in [0.15, 0.2) is 0 Å². The molecule has 1 saturated heterocycles. The maximum Gasteiger partial charge on any atom is 0.241 e. The Morgan fingerprint density at radius 2 is 2.03 bits per heavy atom. The van der Waals surface area contributed by atoms with E-state index in [2.05, 4.69) is 13.2 Å². The molecule has 0 saturated carbocycles. The van der Waals surface area contributed by atoms with Crippen LogP contribution in [0.25, 0.3) is 0 Å². The molecule has 0 spiro atoms. The highest BCUT2D eigenvalue weighted by molar-refractivity contribution is 6.31. The van der Waals surface area contributed by atoms with Crippen LogP contribution in [0.2, 0.25) is 5.02 Å². The number of anilines is 1. The van der Waals surface area contributed by atoms with Crippen LogP contribution in [-0.4, -0.2) is 16.9 Å². The number of carbonyl (C=O) groups is 2. The number of rotatable bonds is 5. The average molecular weight is 452 g/mol. The van der Waals surface area contributed by atoms with Gasteiger partial charge in [0, 0.05) is 11.5 Å². The summed E-state index contributed by atoms with van der Waals surface area (Å²) in [5.74, 6) is -2.56. The molecule has 1 N–H and O–H groups in total. The number of hydrogen-bond donors (Lipinski definition) is 1. The Balaban J connectivity index is 1.89. The minimum Gasteiger partial charge on any atom is -0.507 e. The van der Waals surface area contributed by atoms with Gasteiger partial charge in [-0.25, -0.2) is 9.29 Å². The molecule has 6 heteroatoms. The van der Waals surface area contributed by atoms with Crippen molar-refractivity contribution < 1.29 is 19.1 Å². The lowest BCUT2D eigenvalue weighted by Gasteiger charge is -2.40. The van der Waals surface area contributed by atoms with E-state index in [9.17, 15) is 19.1 Å². The van der Waals surface area contributed by atoms with Crippen molar-refractivity contribution in [3.8, 4) is 5.75 Å². The fraction of sp³-hybridized carbons (Fsp3) is 0.231. The lowest BCUT2D eigenvalue weighted by Crippen LogP contribution is -2.41. The Morgan fingerprint density at radius 1 is 1.28 bits per heavy atom. The van der Waals surface area contributed by atoms with E-state index in [-0.39, 0.29) is 22.4 Å². The maximum absolute atomic E-state index is 13.8. The predicted octanol–water partition coefficient (Wildman–Crippen LogP) is 5.71. The zero-order chi connectivity index (χ0) is 23.2. The molecule has 0 bridgehead atoms. The van der Waals surface area contributed by atoms with Crippen LogP contribution in [0.3, 0.4) is 0 Å². The van der Waals surface area contributed by atoms with Crippen molar-refractivity contribution in [3.05, 3.63) is 95.3 Å². The highest BCUT2D eigenvalue weighted by Crippen LogP contribution is 2.58. The number of aromatic hydroxyl groups is 1. The second-order valence-electron chi connectivity index (χ2n) is 8.34. The number of carbonyl (C=O) groups excluding carboxylic acids is 2. The van der Waals surface area contributed by atoms with Crippen molar-refractivity contribution in [1.29, 1.82) is 0 Å². The molecule has 1 aliphatic carbocycles. The SMILES string of the molecule is C=CCc1cccc(C2C(C=C)=CCC3C(=O)N(c4ccc(F)c(Cl)c4)C(=O)C32C)c1O. The van der Waals surface area contributed by atoms with Gasteiger partial charge >= 0.3 is 0 Å². The van der Waals surface area contributed by atoms with Gasteiger partial charge in [-0.3, -0.25) is 9.59 Å². The number of amides is 2. The second kappa shape index (κ2) is 8.06. The van der Waals surface area contributed by atoms with Gasteiger partial charge in [0.05, 0.1) is 22.0 Å². The molecule has 0 aromatic heterocycles. The van der Waals surface area contributed by atoms with Gasteiger partial charge in [-0.05, 0) is 49.1 Å². The average Bonchev–Trinajstić information content (AvgIpc) is 2.97. The van der Waals surface area contributed by atoms with Crippen LogP contribution in [-0.2, 0) is 16.0 Å². The third-order valence-electron chi connectivity index (χ3n) is 6.65. The van der Waals surface area contributed by atoms with Gasteiger partial charge in [0.25, 0.3) is 0 Å². The normalized spacial score (nSPS) is 24.8. The van der Waals surface area contributed by atoms with Crippen LogP contribution >= 0.6 is 11.6 Å². The summed E-state index contributed by atoms with van der Waals surface area (Å²) in [5.41, 5.74) is 1.08. The first-order valence-corrected chi connectivity index (χ1v) is 10.7. The molecule has 4 nitrogen and oxygen atoms in total. The Kier molecular flexibility index (Phi) is 5.55. The highest BCUT2D eigenvalue weighted by atomic mass is 35.5. The molecule has 1 fully saturated rings. The molecule has 1 aliphatic heterocycles. The van der Waals surface area contributed by atoms with Crippen molar-refractivity contribution in [2.45, 2.75) is 25.7 Å². The molecule has 2 aromatic rings. The van der Waals surface area contributed by atoms with E-state index in [4.69, 9.17) is 11.6 Å². The number of fused-ring (bicyclic) bond motifs is 1. The largest absolute Gasteiger partial charge is 0.507 e. The number of imide groups is 1. The van der Waals surface area contributed by atoms with Gasteiger partial charge in [-0.2, -0.15) is 0 Å². The van der Waals surface area contributed by atoms with Gasteiger partial charge < -0.3 is 5.11 Å². The van der Waals surface area contributed by atoms with Crippen molar-refractivity contribution in [2.75, 3.05) is 4.90 Å². The number of halogens is 2. The molecule has 164 valence electrons. The Hall–Kier alpha value is -3.18. The number of allylic oxidation sites excluding steroid dienone is 4. The number of phenols is 1.